The van der Waals surface area contributed by atoms with Gasteiger partial charge < -0.3 is 9.30 Å². The molecule has 0 saturated carbocycles. The van der Waals surface area contributed by atoms with Gasteiger partial charge in [0.05, 0.1) is 0 Å². The molecule has 0 spiro atoms. The molecule has 3 heterocycles. The fraction of sp³-hybridized carbons (Fsp3) is 0.429. The molecule has 2 aromatic rings. The van der Waals surface area contributed by atoms with E-state index >= 15 is 0 Å². The number of aromatic nitrogens is 2. The summed E-state index contributed by atoms with van der Waals surface area (Å²) in [6.45, 7) is 2.57. The number of ether oxygens (including phenoxy) is 1. The van der Waals surface area contributed by atoms with Crippen molar-refractivity contribution < 1.29 is 9.53 Å². The molecule has 0 bridgehead atoms. The van der Waals surface area contributed by atoms with Gasteiger partial charge in [-0.05, 0) is 40.8 Å². The number of fused-ring (bicyclic) bond motifs is 1. The highest BCUT2D eigenvalue weighted by Crippen LogP contribution is 2.28. The molecular weight excluding hydrogens is 308 g/mol. The van der Waals surface area contributed by atoms with E-state index < -0.39 is 0 Å². The minimum Gasteiger partial charge on any atom is -0.381 e. The molecule has 0 N–H and O–H groups in total. The molecule has 1 saturated heterocycles. The molecule has 0 aliphatic carbocycles. The van der Waals surface area contributed by atoms with Crippen LogP contribution in [0.1, 0.15) is 23.2 Å². The molecule has 19 heavy (non-hydrogen) atoms. The highest BCUT2D eigenvalue weighted by molar-refractivity contribution is 9.10. The second-order valence-corrected chi connectivity index (χ2v) is 5.76. The van der Waals surface area contributed by atoms with E-state index in [0.29, 0.717) is 11.5 Å². The molecule has 5 heteroatoms. The van der Waals surface area contributed by atoms with Gasteiger partial charge in [-0.1, -0.05) is 0 Å². The van der Waals surface area contributed by atoms with Gasteiger partial charge in [-0.25, -0.2) is 4.98 Å². The Bertz CT molecular complexity index is 603. The van der Waals surface area contributed by atoms with Crippen molar-refractivity contribution >= 4 is 33.2 Å². The minimum atomic E-state index is 0.602. The summed E-state index contributed by atoms with van der Waals surface area (Å²) in [4.78, 5) is 15.6. The predicted octanol–water partition coefficient (Wildman–Crippen LogP) is 3.04. The summed E-state index contributed by atoms with van der Waals surface area (Å²) >= 11 is 3.49. The molecule has 0 radical (unpaired) electrons. The second kappa shape index (κ2) is 5.43. The molecule has 0 aromatic carbocycles. The van der Waals surface area contributed by atoms with E-state index in [-0.39, 0.29) is 0 Å². The third-order valence-electron chi connectivity index (χ3n) is 3.66. The van der Waals surface area contributed by atoms with E-state index in [0.717, 1.165) is 54.4 Å². The Morgan fingerprint density at radius 3 is 3.00 bits per heavy atom. The lowest BCUT2D eigenvalue weighted by atomic mass is 10.0. The monoisotopic (exact) mass is 322 g/mol. The van der Waals surface area contributed by atoms with Crippen molar-refractivity contribution in [3.8, 4) is 0 Å². The number of nitrogens with zero attached hydrogens (tertiary/aromatic N) is 2. The fourth-order valence-corrected chi connectivity index (χ4v) is 3.17. The molecule has 3 rings (SSSR count). The summed E-state index contributed by atoms with van der Waals surface area (Å²) in [5.74, 6) is 0.602. The molecule has 100 valence electrons. The average molecular weight is 323 g/mol. The van der Waals surface area contributed by atoms with Gasteiger partial charge in [-0.2, -0.15) is 0 Å². The maximum atomic E-state index is 11.2. The lowest BCUT2D eigenvalue weighted by molar-refractivity contribution is 0.0616. The summed E-state index contributed by atoms with van der Waals surface area (Å²) in [7, 11) is 0. The van der Waals surface area contributed by atoms with E-state index in [1.165, 1.54) is 0 Å². The van der Waals surface area contributed by atoms with Crippen molar-refractivity contribution in [2.45, 2.75) is 19.4 Å². The Labute approximate surface area is 119 Å². The highest BCUT2D eigenvalue weighted by atomic mass is 79.9. The summed E-state index contributed by atoms with van der Waals surface area (Å²) in [5.41, 5.74) is 1.57. The normalized spacial score (nSPS) is 16.9. The van der Waals surface area contributed by atoms with E-state index in [1.54, 1.807) is 6.20 Å². The predicted molar refractivity (Wildman–Crippen MR) is 76.4 cm³/mol. The van der Waals surface area contributed by atoms with Gasteiger partial charge >= 0.3 is 0 Å². The zero-order valence-corrected chi connectivity index (χ0v) is 12.1. The number of aldehydes is 1. The van der Waals surface area contributed by atoms with Gasteiger partial charge in [0.25, 0.3) is 0 Å². The molecule has 4 nitrogen and oxygen atoms in total. The van der Waals surface area contributed by atoms with Crippen LogP contribution in [0.15, 0.2) is 22.9 Å². The lowest BCUT2D eigenvalue weighted by Gasteiger charge is -2.22. The van der Waals surface area contributed by atoms with Crippen LogP contribution < -0.4 is 0 Å². The van der Waals surface area contributed by atoms with Crippen molar-refractivity contribution in [1.82, 2.24) is 9.55 Å². The Hall–Kier alpha value is -1.20. The molecule has 1 fully saturated rings. The molecular formula is C14H15BrN2O2. The van der Waals surface area contributed by atoms with Crippen LogP contribution in [0.3, 0.4) is 0 Å². The first kappa shape index (κ1) is 12.8. The molecule has 0 amide bonds. The largest absolute Gasteiger partial charge is 0.381 e. The van der Waals surface area contributed by atoms with Gasteiger partial charge in [-0.3, -0.25) is 4.79 Å². The standard InChI is InChI=1S/C14H15BrN2O2/c15-12-1-4-16-14-13(12)11(9-18)8-17(14)7-10-2-5-19-6-3-10/h1,4,8-10H,2-3,5-7H2. The number of pyridine rings is 1. The maximum Gasteiger partial charge on any atom is 0.152 e. The Morgan fingerprint density at radius 1 is 1.47 bits per heavy atom. The number of carbonyl (C=O) groups is 1. The van der Waals surface area contributed by atoms with Gasteiger partial charge in [-0.15, -0.1) is 0 Å². The first-order chi connectivity index (χ1) is 9.29. The Kier molecular flexibility index (Phi) is 3.66. The van der Waals surface area contributed by atoms with Gasteiger partial charge in [0, 0.05) is 47.6 Å². The van der Waals surface area contributed by atoms with Crippen LogP contribution in [0.4, 0.5) is 0 Å². The zero-order chi connectivity index (χ0) is 13.2. The molecule has 0 unspecified atom stereocenters. The van der Waals surface area contributed by atoms with Crippen LogP contribution in [-0.2, 0) is 11.3 Å². The molecule has 1 aliphatic heterocycles. The van der Waals surface area contributed by atoms with Crippen LogP contribution in [0.2, 0.25) is 0 Å². The van der Waals surface area contributed by atoms with Gasteiger partial charge in [0.2, 0.25) is 0 Å². The van der Waals surface area contributed by atoms with Crippen molar-refractivity contribution in [3.05, 3.63) is 28.5 Å². The number of hydrogen-bond donors (Lipinski definition) is 0. The Balaban J connectivity index is 1.99. The van der Waals surface area contributed by atoms with Gasteiger partial charge in [0.1, 0.15) is 5.65 Å². The zero-order valence-electron chi connectivity index (χ0n) is 10.5. The van der Waals surface area contributed by atoms with Crippen LogP contribution in [0.25, 0.3) is 11.0 Å². The second-order valence-electron chi connectivity index (χ2n) is 4.90. The number of hydrogen-bond acceptors (Lipinski definition) is 3. The average Bonchev–Trinajstić information content (AvgIpc) is 2.80. The van der Waals surface area contributed by atoms with Crippen LogP contribution in [0.5, 0.6) is 0 Å². The third-order valence-corrected chi connectivity index (χ3v) is 4.32. The summed E-state index contributed by atoms with van der Waals surface area (Å²) in [6.07, 6.45) is 6.72. The number of halogens is 1. The van der Waals surface area contributed by atoms with Crippen molar-refractivity contribution in [2.24, 2.45) is 5.92 Å². The first-order valence-corrected chi connectivity index (χ1v) is 7.25. The SMILES string of the molecule is O=Cc1cn(CC2CCOCC2)c2nccc(Br)c12. The maximum absolute atomic E-state index is 11.2. The topological polar surface area (TPSA) is 44.1 Å². The van der Waals surface area contributed by atoms with Crippen molar-refractivity contribution in [2.75, 3.05) is 13.2 Å². The molecule has 1 aliphatic rings. The Morgan fingerprint density at radius 2 is 2.26 bits per heavy atom. The highest BCUT2D eigenvalue weighted by Gasteiger charge is 2.18. The van der Waals surface area contributed by atoms with Crippen molar-refractivity contribution in [3.63, 3.8) is 0 Å². The quantitative estimate of drug-likeness (QED) is 0.816. The van der Waals surface area contributed by atoms with Crippen molar-refractivity contribution in [1.29, 1.82) is 0 Å². The lowest BCUT2D eigenvalue weighted by Crippen LogP contribution is -2.20. The van der Waals surface area contributed by atoms with E-state index in [9.17, 15) is 4.79 Å². The minimum absolute atomic E-state index is 0.602. The van der Waals surface area contributed by atoms with Crippen LogP contribution in [0, 0.1) is 5.92 Å². The first-order valence-electron chi connectivity index (χ1n) is 6.46. The summed E-state index contributed by atoms with van der Waals surface area (Å²) in [5, 5.41) is 0.907. The van der Waals surface area contributed by atoms with E-state index in [4.69, 9.17) is 4.74 Å². The summed E-state index contributed by atoms with van der Waals surface area (Å²) < 4.78 is 8.40. The van der Waals surface area contributed by atoms with E-state index in [1.807, 2.05) is 12.3 Å². The van der Waals surface area contributed by atoms with E-state index in [2.05, 4.69) is 25.5 Å². The molecule has 2 aromatic heterocycles. The third kappa shape index (κ3) is 2.44. The van der Waals surface area contributed by atoms with Crippen LogP contribution in [-0.4, -0.2) is 29.1 Å². The molecule has 0 atom stereocenters. The summed E-state index contributed by atoms with van der Waals surface area (Å²) in [6, 6.07) is 1.87. The smallest absolute Gasteiger partial charge is 0.152 e. The number of rotatable bonds is 3. The van der Waals surface area contributed by atoms with Crippen LogP contribution >= 0.6 is 15.9 Å². The number of carbonyl (C=O) groups excluding carboxylic acids is 1. The fourth-order valence-electron chi connectivity index (χ4n) is 2.64. The van der Waals surface area contributed by atoms with Gasteiger partial charge in [0.15, 0.2) is 6.29 Å².